The Kier molecular flexibility index (Phi) is 3.87. The Hall–Kier alpha value is -1.78. The van der Waals surface area contributed by atoms with E-state index in [1.807, 2.05) is 0 Å². The molecule has 0 saturated heterocycles. The molecule has 0 amide bonds. The van der Waals surface area contributed by atoms with Crippen molar-refractivity contribution >= 4 is 48.2 Å². The van der Waals surface area contributed by atoms with Crippen LogP contribution in [0.2, 0.25) is 0 Å². The lowest BCUT2D eigenvalue weighted by molar-refractivity contribution is 0.0516. The van der Waals surface area contributed by atoms with Crippen LogP contribution < -0.4 is 4.74 Å². The van der Waals surface area contributed by atoms with E-state index in [4.69, 9.17) is 9.47 Å². The molecule has 2 nitrogen and oxygen atoms in total. The van der Waals surface area contributed by atoms with Gasteiger partial charge in [0.25, 0.3) is 0 Å². The van der Waals surface area contributed by atoms with E-state index in [-0.39, 0.29) is 6.79 Å². The molecular weight excluding hydrogens is 456 g/mol. The molecule has 0 N–H and O–H groups in total. The quantitative estimate of drug-likeness (QED) is 0.364. The Labute approximate surface area is 169 Å². The number of benzene rings is 3. The van der Waals surface area contributed by atoms with Gasteiger partial charge < -0.3 is 9.47 Å². The van der Waals surface area contributed by atoms with Gasteiger partial charge in [-0.25, -0.2) is 0 Å². The van der Waals surface area contributed by atoms with Crippen LogP contribution in [0.1, 0.15) is 23.6 Å². The van der Waals surface area contributed by atoms with E-state index in [0.29, 0.717) is 5.92 Å². The topological polar surface area (TPSA) is 18.5 Å². The van der Waals surface area contributed by atoms with Crippen LogP contribution in [0.3, 0.4) is 0 Å². The number of fused-ring (bicyclic) bond motifs is 6. The maximum Gasteiger partial charge on any atom is 0.230 e. The van der Waals surface area contributed by atoms with Crippen molar-refractivity contribution in [3.8, 4) is 5.75 Å². The summed E-state index contributed by atoms with van der Waals surface area (Å²) >= 11 is 7.20. The summed E-state index contributed by atoms with van der Waals surface area (Å²) < 4.78 is 14.3. The third-order valence-electron chi connectivity index (χ3n) is 5.18. The third kappa shape index (κ3) is 2.50. The van der Waals surface area contributed by atoms with E-state index in [1.165, 1.54) is 27.5 Å². The van der Waals surface area contributed by atoms with Crippen molar-refractivity contribution in [3.05, 3.63) is 79.9 Å². The third-order valence-corrected chi connectivity index (χ3v) is 6.17. The fraction of sp³-hybridized carbons (Fsp3) is 0.182. The van der Waals surface area contributed by atoms with E-state index in [1.54, 1.807) is 0 Å². The van der Waals surface area contributed by atoms with Crippen LogP contribution >= 0.6 is 31.9 Å². The average molecular weight is 472 g/mol. The molecule has 130 valence electrons. The van der Waals surface area contributed by atoms with Crippen LogP contribution in [0.25, 0.3) is 16.3 Å². The van der Waals surface area contributed by atoms with E-state index in [2.05, 4.69) is 87.3 Å². The molecular formula is C22H16Br2O2. The standard InChI is InChI=1S/C22H16Br2O2/c1-12-8-14-10-16(24)4-6-18(14)21-20-17-5-3-15(23)9-13(17)2-7-19(20)25-11-26-22(12)21/h2-7,9-10,12H,8,11H2,1H3. The average Bonchev–Trinajstić information content (AvgIpc) is 2.81. The minimum Gasteiger partial charge on any atom is -0.461 e. The molecule has 3 aromatic rings. The van der Waals surface area contributed by atoms with Crippen molar-refractivity contribution in [3.63, 3.8) is 0 Å². The second-order valence-corrected chi connectivity index (χ2v) is 8.69. The number of ether oxygens (including phenoxy) is 2. The van der Waals surface area contributed by atoms with Gasteiger partial charge in [-0.05, 0) is 58.7 Å². The molecule has 26 heavy (non-hydrogen) atoms. The van der Waals surface area contributed by atoms with Crippen LogP contribution in [-0.4, -0.2) is 6.79 Å². The Morgan fingerprint density at radius 3 is 2.62 bits per heavy atom. The van der Waals surface area contributed by atoms with Gasteiger partial charge >= 0.3 is 0 Å². The molecule has 0 bridgehead atoms. The van der Waals surface area contributed by atoms with Crippen molar-refractivity contribution in [2.24, 2.45) is 5.92 Å². The van der Waals surface area contributed by atoms with Gasteiger partial charge in [-0.3, -0.25) is 0 Å². The van der Waals surface area contributed by atoms with Crippen LogP contribution in [-0.2, 0) is 11.2 Å². The lowest BCUT2D eigenvalue weighted by Gasteiger charge is -2.27. The number of halogens is 2. The molecule has 1 aliphatic heterocycles. The van der Waals surface area contributed by atoms with Gasteiger partial charge in [-0.1, -0.05) is 57.0 Å². The molecule has 1 unspecified atom stereocenters. The molecule has 0 aromatic heterocycles. The second-order valence-electron chi connectivity index (χ2n) is 6.86. The van der Waals surface area contributed by atoms with Crippen LogP contribution in [0, 0.1) is 5.92 Å². The summed E-state index contributed by atoms with van der Waals surface area (Å²) in [4.78, 5) is 0. The number of rotatable bonds is 0. The second kappa shape index (κ2) is 6.14. The molecule has 1 atom stereocenters. The summed E-state index contributed by atoms with van der Waals surface area (Å²) in [5.41, 5.74) is 4.89. The fourth-order valence-corrected chi connectivity index (χ4v) is 4.85. The molecule has 4 heteroatoms. The highest BCUT2D eigenvalue weighted by Gasteiger charge is 2.31. The van der Waals surface area contributed by atoms with E-state index >= 15 is 0 Å². The zero-order valence-electron chi connectivity index (χ0n) is 14.2. The van der Waals surface area contributed by atoms with Gasteiger partial charge in [0.2, 0.25) is 6.79 Å². The smallest absolute Gasteiger partial charge is 0.230 e. The summed E-state index contributed by atoms with van der Waals surface area (Å²) in [5, 5.41) is 2.37. The van der Waals surface area contributed by atoms with Crippen molar-refractivity contribution in [1.29, 1.82) is 0 Å². The predicted molar refractivity (Wildman–Crippen MR) is 111 cm³/mol. The molecule has 0 saturated carbocycles. The summed E-state index contributed by atoms with van der Waals surface area (Å²) in [7, 11) is 0. The normalized spacial score (nSPS) is 18.3. The van der Waals surface area contributed by atoms with Crippen LogP contribution in [0.4, 0.5) is 0 Å². The SMILES string of the molecule is CC1Cc2cc(Br)ccc2C2=C1OCOc1ccc3cc(Br)ccc3c12. The van der Waals surface area contributed by atoms with Crippen molar-refractivity contribution < 1.29 is 9.47 Å². The number of hydrogen-bond donors (Lipinski definition) is 0. The first-order valence-electron chi connectivity index (χ1n) is 8.63. The van der Waals surface area contributed by atoms with Gasteiger partial charge in [0.15, 0.2) is 0 Å². The van der Waals surface area contributed by atoms with Gasteiger partial charge in [0.1, 0.15) is 11.5 Å². The Bertz CT molecular complexity index is 1080. The molecule has 0 fully saturated rings. The fourth-order valence-electron chi connectivity index (χ4n) is 4.06. The van der Waals surface area contributed by atoms with E-state index < -0.39 is 0 Å². The Morgan fingerprint density at radius 1 is 0.923 bits per heavy atom. The summed E-state index contributed by atoms with van der Waals surface area (Å²) in [5.74, 6) is 2.23. The van der Waals surface area contributed by atoms with E-state index in [0.717, 1.165) is 32.4 Å². The first kappa shape index (κ1) is 16.4. The highest BCUT2D eigenvalue weighted by atomic mass is 79.9. The zero-order chi connectivity index (χ0) is 17.8. The van der Waals surface area contributed by atoms with Crippen LogP contribution in [0.5, 0.6) is 5.75 Å². The van der Waals surface area contributed by atoms with Crippen molar-refractivity contribution in [1.82, 2.24) is 0 Å². The molecule has 3 aromatic carbocycles. The molecule has 0 radical (unpaired) electrons. The van der Waals surface area contributed by atoms with Crippen molar-refractivity contribution in [2.45, 2.75) is 13.3 Å². The molecule has 2 aliphatic rings. The highest BCUT2D eigenvalue weighted by molar-refractivity contribution is 9.10. The minimum absolute atomic E-state index is 0.254. The Morgan fingerprint density at radius 2 is 1.73 bits per heavy atom. The first-order valence-corrected chi connectivity index (χ1v) is 10.2. The van der Waals surface area contributed by atoms with Gasteiger partial charge in [0, 0.05) is 26.0 Å². The first-order chi connectivity index (χ1) is 12.6. The maximum atomic E-state index is 6.10. The van der Waals surface area contributed by atoms with Gasteiger partial charge in [0.05, 0.1) is 0 Å². The largest absolute Gasteiger partial charge is 0.461 e. The summed E-state index contributed by atoms with van der Waals surface area (Å²) in [6.07, 6.45) is 0.971. The molecule has 5 rings (SSSR count). The molecule has 0 spiro atoms. The van der Waals surface area contributed by atoms with Crippen molar-refractivity contribution in [2.75, 3.05) is 6.79 Å². The van der Waals surface area contributed by atoms with Gasteiger partial charge in [-0.15, -0.1) is 0 Å². The molecule has 1 aliphatic carbocycles. The maximum absolute atomic E-state index is 6.10. The summed E-state index contributed by atoms with van der Waals surface area (Å²) in [6, 6.07) is 17.1. The van der Waals surface area contributed by atoms with Crippen LogP contribution in [0.15, 0.2) is 63.2 Å². The van der Waals surface area contributed by atoms with Gasteiger partial charge in [-0.2, -0.15) is 0 Å². The Balaban J connectivity index is 1.89. The highest BCUT2D eigenvalue weighted by Crippen LogP contribution is 2.47. The predicted octanol–water partition coefficient (Wildman–Crippen LogP) is 6.68. The lowest BCUT2D eigenvalue weighted by Crippen LogP contribution is -2.16. The molecule has 1 heterocycles. The minimum atomic E-state index is 0.254. The monoisotopic (exact) mass is 470 g/mol. The number of hydrogen-bond acceptors (Lipinski definition) is 2. The lowest BCUT2D eigenvalue weighted by atomic mass is 9.80. The number of allylic oxidation sites excluding steroid dienone is 1. The van der Waals surface area contributed by atoms with E-state index in [9.17, 15) is 0 Å². The summed E-state index contributed by atoms with van der Waals surface area (Å²) in [6.45, 7) is 2.48. The zero-order valence-corrected chi connectivity index (χ0v) is 17.4.